The van der Waals surface area contributed by atoms with E-state index >= 15 is 0 Å². The zero-order valence-electron chi connectivity index (χ0n) is 17.9. The van der Waals surface area contributed by atoms with Crippen molar-refractivity contribution in [1.82, 2.24) is 4.90 Å². The van der Waals surface area contributed by atoms with Crippen molar-refractivity contribution in [1.29, 1.82) is 0 Å². The smallest absolute Gasteiger partial charge is 0.417 e. The molecule has 1 fully saturated rings. The third-order valence-corrected chi connectivity index (χ3v) is 5.95. The van der Waals surface area contributed by atoms with E-state index in [4.69, 9.17) is 4.74 Å². The molecule has 0 N–H and O–H groups in total. The maximum atomic E-state index is 13.4. The number of benzene rings is 3. The van der Waals surface area contributed by atoms with Crippen LogP contribution in [0.4, 0.5) is 4.79 Å². The van der Waals surface area contributed by atoms with E-state index in [-0.39, 0.29) is 24.7 Å². The van der Waals surface area contributed by atoms with Crippen molar-refractivity contribution >= 4 is 17.8 Å². The fourth-order valence-electron chi connectivity index (χ4n) is 4.38. The van der Waals surface area contributed by atoms with Crippen molar-refractivity contribution in [3.8, 4) is 0 Å². The highest BCUT2D eigenvalue weighted by atomic mass is 16.6. The number of cyclic esters (lactones) is 1. The Hall–Kier alpha value is -3.73. The van der Waals surface area contributed by atoms with Crippen LogP contribution in [0.15, 0.2) is 91.0 Å². The van der Waals surface area contributed by atoms with E-state index in [2.05, 4.69) is 0 Å². The first-order chi connectivity index (χ1) is 15.6. The van der Waals surface area contributed by atoms with Crippen LogP contribution in [-0.4, -0.2) is 35.3 Å². The van der Waals surface area contributed by atoms with Gasteiger partial charge >= 0.3 is 6.09 Å². The van der Waals surface area contributed by atoms with E-state index in [1.807, 2.05) is 91.0 Å². The zero-order valence-corrected chi connectivity index (χ0v) is 17.9. The lowest BCUT2D eigenvalue weighted by molar-refractivity contribution is -0.132. The van der Waals surface area contributed by atoms with Gasteiger partial charge in [-0.05, 0) is 23.6 Å². The van der Waals surface area contributed by atoms with E-state index in [0.717, 1.165) is 16.7 Å². The molecule has 0 radical (unpaired) electrons. The molecule has 0 spiro atoms. The van der Waals surface area contributed by atoms with Gasteiger partial charge < -0.3 is 4.74 Å². The predicted octanol–water partition coefficient (Wildman–Crippen LogP) is 4.93. The minimum absolute atomic E-state index is 0.0821. The molecule has 2 amide bonds. The fraction of sp³-hybridized carbons (Fsp3) is 0.222. The maximum Gasteiger partial charge on any atom is 0.417 e. The van der Waals surface area contributed by atoms with Gasteiger partial charge in [-0.3, -0.25) is 9.59 Å². The van der Waals surface area contributed by atoms with Gasteiger partial charge in [0.2, 0.25) is 5.91 Å². The summed E-state index contributed by atoms with van der Waals surface area (Å²) in [5.41, 5.74) is 2.75. The molecule has 1 heterocycles. The Morgan fingerprint density at radius 2 is 1.31 bits per heavy atom. The lowest BCUT2D eigenvalue weighted by Crippen LogP contribution is -2.43. The summed E-state index contributed by atoms with van der Waals surface area (Å²) in [6.07, 6.45) is -0.742. The first-order valence-corrected chi connectivity index (χ1v) is 10.7. The summed E-state index contributed by atoms with van der Waals surface area (Å²) in [6, 6.07) is 28.3. The van der Waals surface area contributed by atoms with Gasteiger partial charge in [-0.25, -0.2) is 9.69 Å². The van der Waals surface area contributed by atoms with Gasteiger partial charge in [0.25, 0.3) is 0 Å². The minimum atomic E-state index is -0.660. The molecule has 5 nitrogen and oxygen atoms in total. The molecule has 0 unspecified atom stereocenters. The van der Waals surface area contributed by atoms with Gasteiger partial charge in [-0.2, -0.15) is 0 Å². The van der Waals surface area contributed by atoms with E-state index in [1.54, 1.807) is 0 Å². The topological polar surface area (TPSA) is 63.7 Å². The lowest BCUT2D eigenvalue weighted by Gasteiger charge is -2.29. The summed E-state index contributed by atoms with van der Waals surface area (Å²) in [7, 11) is 0. The number of amides is 2. The van der Waals surface area contributed by atoms with Gasteiger partial charge in [0, 0.05) is 12.3 Å². The third kappa shape index (κ3) is 4.47. The number of carbonyl (C=O) groups is 3. The van der Waals surface area contributed by atoms with Crippen LogP contribution in [0.1, 0.15) is 41.9 Å². The van der Waals surface area contributed by atoms with Crippen molar-refractivity contribution < 1.29 is 19.1 Å². The molecule has 1 aliphatic heterocycles. The van der Waals surface area contributed by atoms with Gasteiger partial charge in [-0.1, -0.05) is 91.0 Å². The molecule has 2 atom stereocenters. The number of imide groups is 1. The van der Waals surface area contributed by atoms with Crippen LogP contribution in [0.2, 0.25) is 0 Å². The van der Waals surface area contributed by atoms with Gasteiger partial charge in [0.05, 0.1) is 12.0 Å². The number of Topliss-reactive ketones (excluding diaryl/α,β-unsaturated/α-hetero) is 1. The average Bonchev–Trinajstić information content (AvgIpc) is 3.20. The summed E-state index contributed by atoms with van der Waals surface area (Å²) in [6.45, 7) is 1.58. The Bertz CT molecular complexity index is 1040. The molecule has 3 aromatic rings. The molecule has 0 aliphatic carbocycles. The Morgan fingerprint density at radius 1 is 0.844 bits per heavy atom. The van der Waals surface area contributed by atoms with E-state index in [1.165, 1.54) is 11.8 Å². The minimum Gasteiger partial charge on any atom is -0.447 e. The zero-order chi connectivity index (χ0) is 22.5. The second-order valence-electron chi connectivity index (χ2n) is 7.99. The molecule has 4 rings (SSSR count). The van der Waals surface area contributed by atoms with E-state index in [0.29, 0.717) is 0 Å². The van der Waals surface area contributed by atoms with Gasteiger partial charge in [0.1, 0.15) is 12.4 Å². The van der Waals surface area contributed by atoms with Crippen molar-refractivity contribution in [3.05, 3.63) is 108 Å². The van der Waals surface area contributed by atoms with Crippen LogP contribution >= 0.6 is 0 Å². The number of rotatable bonds is 7. The number of ketones is 1. The molecule has 0 aromatic heterocycles. The van der Waals surface area contributed by atoms with Crippen molar-refractivity contribution in [2.24, 2.45) is 0 Å². The van der Waals surface area contributed by atoms with Gasteiger partial charge in [-0.15, -0.1) is 0 Å². The molecule has 1 saturated heterocycles. The molecule has 0 bridgehead atoms. The SMILES string of the molecule is CC(=O)[C@H](CC(=O)N1C(=O)OC[C@H]1C(c1ccccc1)c1ccccc1)c1ccccc1. The van der Waals surface area contributed by atoms with E-state index in [9.17, 15) is 14.4 Å². The molecule has 1 aliphatic rings. The van der Waals surface area contributed by atoms with Crippen LogP contribution < -0.4 is 0 Å². The van der Waals surface area contributed by atoms with E-state index < -0.39 is 24.0 Å². The highest BCUT2D eigenvalue weighted by Crippen LogP contribution is 2.35. The highest BCUT2D eigenvalue weighted by Gasteiger charge is 2.44. The Balaban J connectivity index is 1.67. The van der Waals surface area contributed by atoms with Crippen LogP contribution in [0.3, 0.4) is 0 Å². The van der Waals surface area contributed by atoms with Crippen molar-refractivity contribution in [2.45, 2.75) is 31.2 Å². The lowest BCUT2D eigenvalue weighted by atomic mass is 9.84. The molecule has 5 heteroatoms. The number of carbonyl (C=O) groups excluding carboxylic acids is 3. The number of ether oxygens (including phenoxy) is 1. The number of nitrogens with zero attached hydrogens (tertiary/aromatic N) is 1. The fourth-order valence-corrected chi connectivity index (χ4v) is 4.38. The Morgan fingerprint density at radius 3 is 1.78 bits per heavy atom. The Kier molecular flexibility index (Phi) is 6.45. The summed E-state index contributed by atoms with van der Waals surface area (Å²) >= 11 is 0. The molecule has 162 valence electrons. The maximum absolute atomic E-state index is 13.4. The molecular formula is C27H25NO4. The largest absolute Gasteiger partial charge is 0.447 e. The third-order valence-electron chi connectivity index (χ3n) is 5.95. The van der Waals surface area contributed by atoms with Crippen molar-refractivity contribution in [3.63, 3.8) is 0 Å². The second-order valence-corrected chi connectivity index (χ2v) is 7.99. The normalized spacial score (nSPS) is 16.6. The molecular weight excluding hydrogens is 402 g/mol. The number of hydrogen-bond acceptors (Lipinski definition) is 4. The first kappa shape index (κ1) is 21.5. The summed E-state index contributed by atoms with van der Waals surface area (Å²) in [5, 5.41) is 0. The van der Waals surface area contributed by atoms with Crippen LogP contribution in [0, 0.1) is 0 Å². The van der Waals surface area contributed by atoms with Crippen molar-refractivity contribution in [2.75, 3.05) is 6.61 Å². The van der Waals surface area contributed by atoms with Crippen LogP contribution in [-0.2, 0) is 14.3 Å². The molecule has 3 aromatic carbocycles. The van der Waals surface area contributed by atoms with Crippen LogP contribution in [0.25, 0.3) is 0 Å². The Labute approximate surface area is 187 Å². The summed E-state index contributed by atoms with van der Waals surface area (Å²) < 4.78 is 5.35. The standard InChI is InChI=1S/C27H25NO4/c1-19(29)23(20-11-5-2-6-12-20)17-25(30)28-24(18-32-27(28)31)26(21-13-7-3-8-14-21)22-15-9-4-10-16-22/h2-16,23-24,26H,17-18H2,1H3/t23-,24-/m0/s1. The van der Waals surface area contributed by atoms with Crippen LogP contribution in [0.5, 0.6) is 0 Å². The average molecular weight is 428 g/mol. The summed E-state index contributed by atoms with van der Waals surface area (Å²) in [5.74, 6) is -1.36. The highest BCUT2D eigenvalue weighted by molar-refractivity contribution is 5.97. The monoisotopic (exact) mass is 427 g/mol. The second kappa shape index (κ2) is 9.60. The molecule has 0 saturated carbocycles. The first-order valence-electron chi connectivity index (χ1n) is 10.7. The summed E-state index contributed by atoms with van der Waals surface area (Å²) in [4.78, 5) is 39.6. The number of hydrogen-bond donors (Lipinski definition) is 0. The molecule has 32 heavy (non-hydrogen) atoms. The van der Waals surface area contributed by atoms with Gasteiger partial charge in [0.15, 0.2) is 0 Å². The quantitative estimate of drug-likeness (QED) is 0.536. The predicted molar refractivity (Wildman–Crippen MR) is 121 cm³/mol.